The molecule has 0 radical (unpaired) electrons. The molecule has 0 spiro atoms. The molecular formula is C18H33NO2. The molecule has 122 valence electrons. The maximum absolute atomic E-state index is 11.4. The van der Waals surface area contributed by atoms with Crippen LogP contribution in [0.2, 0.25) is 0 Å². The standard InChI is InChI=1S/C18H33NO2/c1-13(2)17-7-10-21-18(12-17)11-14(3)16-5-8-19(9-6-16)15(4)20/h13-14,16-18H,5-12H2,1-4H3. The van der Waals surface area contributed by atoms with Gasteiger partial charge in [0, 0.05) is 26.6 Å². The first-order valence-corrected chi connectivity index (χ1v) is 8.84. The Morgan fingerprint density at radius 3 is 2.38 bits per heavy atom. The van der Waals surface area contributed by atoms with Crippen molar-refractivity contribution in [3.63, 3.8) is 0 Å². The minimum absolute atomic E-state index is 0.233. The molecule has 0 saturated carbocycles. The Labute approximate surface area is 130 Å². The van der Waals surface area contributed by atoms with E-state index in [0.717, 1.165) is 43.4 Å². The number of ether oxygens (including phenoxy) is 1. The van der Waals surface area contributed by atoms with Crippen molar-refractivity contribution in [3.05, 3.63) is 0 Å². The van der Waals surface area contributed by atoms with Gasteiger partial charge in [-0.25, -0.2) is 0 Å². The van der Waals surface area contributed by atoms with Gasteiger partial charge >= 0.3 is 0 Å². The molecule has 0 N–H and O–H groups in total. The van der Waals surface area contributed by atoms with Crippen LogP contribution in [0.5, 0.6) is 0 Å². The molecule has 21 heavy (non-hydrogen) atoms. The van der Waals surface area contributed by atoms with Gasteiger partial charge in [0.25, 0.3) is 0 Å². The maximum atomic E-state index is 11.4. The molecule has 0 aliphatic carbocycles. The highest BCUT2D eigenvalue weighted by atomic mass is 16.5. The van der Waals surface area contributed by atoms with Crippen LogP contribution in [0.15, 0.2) is 0 Å². The average molecular weight is 295 g/mol. The van der Waals surface area contributed by atoms with Crippen LogP contribution in [0.4, 0.5) is 0 Å². The molecule has 2 saturated heterocycles. The predicted molar refractivity (Wildman–Crippen MR) is 86.1 cm³/mol. The van der Waals surface area contributed by atoms with Crippen LogP contribution < -0.4 is 0 Å². The normalized spacial score (nSPS) is 29.7. The summed E-state index contributed by atoms with van der Waals surface area (Å²) in [6.45, 7) is 11.6. The summed E-state index contributed by atoms with van der Waals surface area (Å²) in [6, 6.07) is 0. The first-order chi connectivity index (χ1) is 9.97. The summed E-state index contributed by atoms with van der Waals surface area (Å²) in [4.78, 5) is 13.4. The zero-order valence-electron chi connectivity index (χ0n) is 14.3. The highest BCUT2D eigenvalue weighted by molar-refractivity contribution is 5.73. The van der Waals surface area contributed by atoms with Gasteiger partial charge in [-0.1, -0.05) is 20.8 Å². The Morgan fingerprint density at radius 2 is 1.81 bits per heavy atom. The van der Waals surface area contributed by atoms with E-state index in [2.05, 4.69) is 20.8 Å². The molecular weight excluding hydrogens is 262 g/mol. The van der Waals surface area contributed by atoms with Crippen LogP contribution in [-0.2, 0) is 9.53 Å². The van der Waals surface area contributed by atoms with Crippen molar-refractivity contribution in [1.82, 2.24) is 4.90 Å². The summed E-state index contributed by atoms with van der Waals surface area (Å²) in [5.74, 6) is 3.34. The van der Waals surface area contributed by atoms with Crippen LogP contribution in [0.3, 0.4) is 0 Å². The monoisotopic (exact) mass is 295 g/mol. The molecule has 2 aliphatic heterocycles. The summed E-state index contributed by atoms with van der Waals surface area (Å²) in [6.07, 6.45) is 6.48. The summed E-state index contributed by atoms with van der Waals surface area (Å²) in [7, 11) is 0. The topological polar surface area (TPSA) is 29.5 Å². The summed E-state index contributed by atoms with van der Waals surface area (Å²) in [5.41, 5.74) is 0. The molecule has 2 aliphatic rings. The zero-order chi connectivity index (χ0) is 15.4. The molecule has 2 rings (SSSR count). The van der Waals surface area contributed by atoms with Gasteiger partial charge in [-0.2, -0.15) is 0 Å². The van der Waals surface area contributed by atoms with Gasteiger partial charge in [0.05, 0.1) is 6.10 Å². The van der Waals surface area contributed by atoms with Crippen molar-refractivity contribution in [2.24, 2.45) is 23.7 Å². The Bertz CT molecular complexity index is 334. The fourth-order valence-corrected chi connectivity index (χ4v) is 4.07. The van der Waals surface area contributed by atoms with Gasteiger partial charge in [0.2, 0.25) is 5.91 Å². The van der Waals surface area contributed by atoms with Crippen LogP contribution in [0, 0.1) is 23.7 Å². The molecule has 3 unspecified atom stereocenters. The van der Waals surface area contributed by atoms with E-state index in [9.17, 15) is 4.79 Å². The fourth-order valence-electron chi connectivity index (χ4n) is 4.07. The van der Waals surface area contributed by atoms with Crippen LogP contribution in [-0.4, -0.2) is 36.6 Å². The number of piperidine rings is 1. The largest absolute Gasteiger partial charge is 0.378 e. The van der Waals surface area contributed by atoms with E-state index in [1.54, 1.807) is 6.92 Å². The smallest absolute Gasteiger partial charge is 0.219 e. The zero-order valence-corrected chi connectivity index (χ0v) is 14.3. The van der Waals surface area contributed by atoms with E-state index in [1.807, 2.05) is 4.90 Å². The second kappa shape index (κ2) is 7.62. The van der Waals surface area contributed by atoms with E-state index in [-0.39, 0.29) is 5.91 Å². The first-order valence-electron chi connectivity index (χ1n) is 8.84. The van der Waals surface area contributed by atoms with Gasteiger partial charge in [-0.05, 0) is 55.8 Å². The third-order valence-electron chi connectivity index (χ3n) is 5.78. The second-order valence-electron chi connectivity index (χ2n) is 7.58. The van der Waals surface area contributed by atoms with E-state index < -0.39 is 0 Å². The quantitative estimate of drug-likeness (QED) is 0.791. The second-order valence-corrected chi connectivity index (χ2v) is 7.58. The van der Waals surface area contributed by atoms with E-state index in [4.69, 9.17) is 4.74 Å². The number of likely N-dealkylation sites (tertiary alicyclic amines) is 1. The van der Waals surface area contributed by atoms with Crippen molar-refractivity contribution in [2.75, 3.05) is 19.7 Å². The minimum Gasteiger partial charge on any atom is -0.378 e. The van der Waals surface area contributed by atoms with Gasteiger partial charge in [-0.3, -0.25) is 4.79 Å². The van der Waals surface area contributed by atoms with Crippen LogP contribution in [0.1, 0.15) is 59.8 Å². The highest BCUT2D eigenvalue weighted by Crippen LogP contribution is 2.33. The van der Waals surface area contributed by atoms with Crippen molar-refractivity contribution in [1.29, 1.82) is 0 Å². The van der Waals surface area contributed by atoms with Crippen molar-refractivity contribution < 1.29 is 9.53 Å². The fraction of sp³-hybridized carbons (Fsp3) is 0.944. The molecule has 2 heterocycles. The molecule has 3 atom stereocenters. The van der Waals surface area contributed by atoms with Crippen molar-refractivity contribution in [3.8, 4) is 0 Å². The lowest BCUT2D eigenvalue weighted by molar-refractivity contribution is -0.130. The van der Waals surface area contributed by atoms with Crippen molar-refractivity contribution in [2.45, 2.75) is 65.9 Å². The molecule has 2 fully saturated rings. The Balaban J connectivity index is 1.76. The highest BCUT2D eigenvalue weighted by Gasteiger charge is 2.30. The first kappa shape index (κ1) is 16.8. The number of amides is 1. The maximum Gasteiger partial charge on any atom is 0.219 e. The average Bonchev–Trinajstić information content (AvgIpc) is 2.47. The SMILES string of the molecule is CC(=O)N1CCC(C(C)CC2CC(C(C)C)CCO2)CC1. The molecule has 0 aromatic carbocycles. The number of hydrogen-bond donors (Lipinski definition) is 0. The third kappa shape index (κ3) is 4.70. The van der Waals surface area contributed by atoms with E-state index >= 15 is 0 Å². The van der Waals surface area contributed by atoms with Gasteiger partial charge in [-0.15, -0.1) is 0 Å². The van der Waals surface area contributed by atoms with E-state index in [0.29, 0.717) is 6.10 Å². The van der Waals surface area contributed by atoms with Crippen LogP contribution >= 0.6 is 0 Å². The van der Waals surface area contributed by atoms with Gasteiger partial charge in [0.15, 0.2) is 0 Å². The van der Waals surface area contributed by atoms with E-state index in [1.165, 1.54) is 32.1 Å². The molecule has 3 heteroatoms. The molecule has 1 amide bonds. The Morgan fingerprint density at radius 1 is 1.14 bits per heavy atom. The summed E-state index contributed by atoms with van der Waals surface area (Å²) >= 11 is 0. The summed E-state index contributed by atoms with van der Waals surface area (Å²) in [5, 5.41) is 0. The number of carbonyl (C=O) groups excluding carboxylic acids is 1. The third-order valence-corrected chi connectivity index (χ3v) is 5.78. The lowest BCUT2D eigenvalue weighted by Crippen LogP contribution is -2.39. The van der Waals surface area contributed by atoms with Gasteiger partial charge < -0.3 is 9.64 Å². The minimum atomic E-state index is 0.233. The molecule has 0 aromatic heterocycles. The lowest BCUT2D eigenvalue weighted by atomic mass is 9.79. The number of nitrogens with zero attached hydrogens (tertiary/aromatic N) is 1. The number of hydrogen-bond acceptors (Lipinski definition) is 2. The van der Waals surface area contributed by atoms with Crippen molar-refractivity contribution >= 4 is 5.91 Å². The Kier molecular flexibility index (Phi) is 6.09. The Hall–Kier alpha value is -0.570. The number of rotatable bonds is 4. The summed E-state index contributed by atoms with van der Waals surface area (Å²) < 4.78 is 6.01. The van der Waals surface area contributed by atoms with Crippen LogP contribution in [0.25, 0.3) is 0 Å². The predicted octanol–water partition coefficient (Wildman–Crippen LogP) is 3.72. The molecule has 0 bridgehead atoms. The lowest BCUT2D eigenvalue weighted by Gasteiger charge is -2.37. The molecule has 3 nitrogen and oxygen atoms in total. The number of carbonyl (C=O) groups is 1. The molecule has 0 aromatic rings. The van der Waals surface area contributed by atoms with Gasteiger partial charge in [0.1, 0.15) is 0 Å².